The highest BCUT2D eigenvalue weighted by Crippen LogP contribution is 2.17. The normalized spacial score (nSPS) is 18.9. The number of hydrogen-bond acceptors (Lipinski definition) is 3. The number of piperidine rings is 1. The molecule has 1 aliphatic heterocycles. The van der Waals surface area contributed by atoms with Crippen LogP contribution < -0.4 is 10.6 Å². The van der Waals surface area contributed by atoms with Gasteiger partial charge in [0.1, 0.15) is 0 Å². The van der Waals surface area contributed by atoms with E-state index in [-0.39, 0.29) is 5.91 Å². The third-order valence-corrected chi connectivity index (χ3v) is 4.55. The highest BCUT2D eigenvalue weighted by atomic mass is 32.2. The van der Waals surface area contributed by atoms with E-state index in [1.807, 2.05) is 11.8 Å². The van der Waals surface area contributed by atoms with E-state index in [2.05, 4.69) is 23.8 Å². The van der Waals surface area contributed by atoms with Crippen molar-refractivity contribution in [2.75, 3.05) is 25.9 Å². The third-order valence-electron chi connectivity index (χ3n) is 3.51. The summed E-state index contributed by atoms with van der Waals surface area (Å²) in [7, 11) is 0. The van der Waals surface area contributed by atoms with Crippen molar-refractivity contribution < 1.29 is 4.79 Å². The zero-order valence-corrected chi connectivity index (χ0v) is 11.9. The van der Waals surface area contributed by atoms with Crippen molar-refractivity contribution >= 4 is 17.7 Å². The maximum absolute atomic E-state index is 11.6. The van der Waals surface area contributed by atoms with Gasteiger partial charge in [0, 0.05) is 18.2 Å². The van der Waals surface area contributed by atoms with Crippen molar-refractivity contribution in [2.24, 2.45) is 5.92 Å². The van der Waals surface area contributed by atoms with Crippen molar-refractivity contribution in [1.82, 2.24) is 10.6 Å². The number of thioether (sulfide) groups is 1. The molecule has 2 N–H and O–H groups in total. The monoisotopic (exact) mass is 258 g/mol. The summed E-state index contributed by atoms with van der Waals surface area (Å²) in [5.41, 5.74) is 0. The van der Waals surface area contributed by atoms with Crippen LogP contribution in [0.1, 0.15) is 39.0 Å². The molecule has 3 nitrogen and oxygen atoms in total. The number of rotatable bonds is 7. The molecular weight excluding hydrogens is 232 g/mol. The van der Waals surface area contributed by atoms with Gasteiger partial charge in [-0.1, -0.05) is 6.92 Å². The number of carbonyl (C=O) groups is 1. The fraction of sp³-hybridized carbons (Fsp3) is 0.923. The first-order valence-corrected chi connectivity index (χ1v) is 8.01. The predicted octanol–water partition coefficient (Wildman–Crippen LogP) is 2.02. The lowest BCUT2D eigenvalue weighted by Gasteiger charge is -2.22. The van der Waals surface area contributed by atoms with E-state index in [4.69, 9.17) is 0 Å². The Morgan fingerprint density at radius 1 is 1.47 bits per heavy atom. The average Bonchev–Trinajstić information content (AvgIpc) is 2.37. The van der Waals surface area contributed by atoms with E-state index in [0.717, 1.165) is 38.4 Å². The Bertz CT molecular complexity index is 217. The van der Waals surface area contributed by atoms with E-state index in [0.29, 0.717) is 11.7 Å². The van der Waals surface area contributed by atoms with Crippen molar-refractivity contribution in [2.45, 2.75) is 44.3 Å². The summed E-state index contributed by atoms with van der Waals surface area (Å²) in [5, 5.41) is 7.01. The summed E-state index contributed by atoms with van der Waals surface area (Å²) < 4.78 is 0. The average molecular weight is 258 g/mol. The molecule has 1 heterocycles. The van der Waals surface area contributed by atoms with Gasteiger partial charge in [-0.25, -0.2) is 0 Å². The third kappa shape index (κ3) is 6.94. The first kappa shape index (κ1) is 14.8. The number of hydrogen-bond donors (Lipinski definition) is 2. The fourth-order valence-electron chi connectivity index (χ4n) is 2.13. The Labute approximate surface area is 109 Å². The topological polar surface area (TPSA) is 41.1 Å². The molecule has 1 unspecified atom stereocenters. The first-order valence-electron chi connectivity index (χ1n) is 6.72. The second-order valence-electron chi connectivity index (χ2n) is 4.92. The van der Waals surface area contributed by atoms with Gasteiger partial charge in [0.25, 0.3) is 0 Å². The molecule has 0 radical (unpaired) electrons. The zero-order valence-electron chi connectivity index (χ0n) is 11.1. The maximum Gasteiger partial charge on any atom is 0.220 e. The van der Waals surface area contributed by atoms with Crippen LogP contribution in [0.3, 0.4) is 0 Å². The van der Waals surface area contributed by atoms with Crippen LogP contribution in [0.15, 0.2) is 0 Å². The molecule has 17 heavy (non-hydrogen) atoms. The SMILES string of the molecule is CSC(C)CCNC(=O)CCC1CCNCC1. The largest absolute Gasteiger partial charge is 0.356 e. The van der Waals surface area contributed by atoms with Crippen LogP contribution in [-0.2, 0) is 4.79 Å². The van der Waals surface area contributed by atoms with Gasteiger partial charge < -0.3 is 10.6 Å². The highest BCUT2D eigenvalue weighted by molar-refractivity contribution is 7.99. The summed E-state index contributed by atoms with van der Waals surface area (Å²) >= 11 is 1.85. The lowest BCUT2D eigenvalue weighted by molar-refractivity contribution is -0.121. The molecule has 1 fully saturated rings. The number of amides is 1. The van der Waals surface area contributed by atoms with Crippen LogP contribution >= 0.6 is 11.8 Å². The van der Waals surface area contributed by atoms with Crippen LogP contribution in [0.2, 0.25) is 0 Å². The Morgan fingerprint density at radius 3 is 2.82 bits per heavy atom. The Balaban J connectivity index is 2.00. The van der Waals surface area contributed by atoms with Crippen molar-refractivity contribution in [3.8, 4) is 0 Å². The van der Waals surface area contributed by atoms with E-state index in [1.54, 1.807) is 0 Å². The second kappa shape index (κ2) is 8.81. The first-order chi connectivity index (χ1) is 8.22. The lowest BCUT2D eigenvalue weighted by atomic mass is 9.93. The minimum atomic E-state index is 0.233. The molecule has 0 saturated carbocycles. The molecular formula is C13H26N2OS. The van der Waals surface area contributed by atoms with Crippen molar-refractivity contribution in [1.29, 1.82) is 0 Å². The fourth-order valence-corrected chi connectivity index (χ4v) is 2.48. The van der Waals surface area contributed by atoms with Gasteiger partial charge in [0.2, 0.25) is 5.91 Å². The van der Waals surface area contributed by atoms with Gasteiger partial charge in [-0.05, 0) is 50.9 Å². The van der Waals surface area contributed by atoms with Crippen LogP contribution in [0.25, 0.3) is 0 Å². The smallest absolute Gasteiger partial charge is 0.220 e. The van der Waals surface area contributed by atoms with Gasteiger partial charge in [-0.2, -0.15) is 11.8 Å². The van der Waals surface area contributed by atoms with Crippen LogP contribution in [0, 0.1) is 5.92 Å². The molecule has 0 bridgehead atoms. The Hall–Kier alpha value is -0.220. The number of nitrogens with one attached hydrogen (secondary N) is 2. The maximum atomic E-state index is 11.6. The molecule has 4 heteroatoms. The minimum absolute atomic E-state index is 0.233. The van der Waals surface area contributed by atoms with E-state index in [1.165, 1.54) is 12.8 Å². The van der Waals surface area contributed by atoms with E-state index >= 15 is 0 Å². The van der Waals surface area contributed by atoms with Gasteiger partial charge in [0.05, 0.1) is 0 Å². The molecule has 100 valence electrons. The zero-order chi connectivity index (χ0) is 12.5. The van der Waals surface area contributed by atoms with Crippen molar-refractivity contribution in [3.63, 3.8) is 0 Å². The summed E-state index contributed by atoms with van der Waals surface area (Å²) in [4.78, 5) is 11.6. The lowest BCUT2D eigenvalue weighted by Crippen LogP contribution is -2.30. The molecule has 0 aromatic rings. The molecule has 0 spiro atoms. The van der Waals surface area contributed by atoms with E-state index < -0.39 is 0 Å². The summed E-state index contributed by atoms with van der Waals surface area (Å²) in [6.07, 6.45) is 7.42. The van der Waals surface area contributed by atoms with Crippen molar-refractivity contribution in [3.05, 3.63) is 0 Å². The molecule has 0 aliphatic carbocycles. The van der Waals surface area contributed by atoms with Gasteiger partial charge >= 0.3 is 0 Å². The van der Waals surface area contributed by atoms with Crippen LogP contribution in [-0.4, -0.2) is 37.0 Å². The molecule has 1 rings (SSSR count). The van der Waals surface area contributed by atoms with Gasteiger partial charge in [-0.15, -0.1) is 0 Å². The predicted molar refractivity (Wildman–Crippen MR) is 75.4 cm³/mol. The summed E-state index contributed by atoms with van der Waals surface area (Å²) in [6.45, 7) is 5.27. The van der Waals surface area contributed by atoms with Gasteiger partial charge in [0.15, 0.2) is 0 Å². The Kier molecular flexibility index (Phi) is 7.69. The molecule has 1 saturated heterocycles. The summed E-state index contributed by atoms with van der Waals surface area (Å²) in [5.74, 6) is 0.990. The standard InChI is InChI=1S/C13H26N2OS/c1-11(17-2)5-10-15-13(16)4-3-12-6-8-14-9-7-12/h11-12,14H,3-10H2,1-2H3,(H,15,16). The second-order valence-corrected chi connectivity index (χ2v) is 6.19. The van der Waals surface area contributed by atoms with E-state index in [9.17, 15) is 4.79 Å². The number of carbonyl (C=O) groups excluding carboxylic acids is 1. The molecule has 1 atom stereocenters. The minimum Gasteiger partial charge on any atom is -0.356 e. The molecule has 1 amide bonds. The quantitative estimate of drug-likeness (QED) is 0.734. The summed E-state index contributed by atoms with van der Waals surface area (Å²) in [6, 6.07) is 0. The van der Waals surface area contributed by atoms with Gasteiger partial charge in [-0.3, -0.25) is 4.79 Å². The highest BCUT2D eigenvalue weighted by Gasteiger charge is 2.14. The Morgan fingerprint density at radius 2 is 2.18 bits per heavy atom. The van der Waals surface area contributed by atoms with Crippen LogP contribution in [0.5, 0.6) is 0 Å². The molecule has 0 aromatic carbocycles. The molecule has 1 aliphatic rings. The van der Waals surface area contributed by atoms with Crippen LogP contribution in [0.4, 0.5) is 0 Å². The molecule has 0 aromatic heterocycles.